The van der Waals surface area contributed by atoms with Gasteiger partial charge >= 0.3 is 0 Å². The predicted molar refractivity (Wildman–Crippen MR) is 85.7 cm³/mol. The molecule has 1 aliphatic rings. The Hall–Kier alpha value is -1.08. The minimum Gasteiger partial charge on any atom is -0.278 e. The third kappa shape index (κ3) is 2.94. The maximum atomic E-state index is 11.9. The van der Waals surface area contributed by atoms with Crippen LogP contribution in [0.4, 0.5) is 5.69 Å². The molecule has 3 rings (SSSR count). The molecule has 2 aromatic rings. The third-order valence-corrected chi connectivity index (χ3v) is 7.16. The van der Waals surface area contributed by atoms with Crippen LogP contribution in [0.2, 0.25) is 10.0 Å². The van der Waals surface area contributed by atoms with Gasteiger partial charge in [0.1, 0.15) is 4.21 Å². The minimum atomic E-state index is -3.13. The van der Waals surface area contributed by atoms with Gasteiger partial charge in [0.2, 0.25) is 0 Å². The average Bonchev–Trinajstić information content (AvgIpc) is 2.77. The van der Waals surface area contributed by atoms with Crippen LogP contribution >= 0.6 is 34.5 Å². The standard InChI is InChI=1S/C13H10Cl2N2O2S2/c14-10-2-1-8(7-11(10)15)16-17-12-3-5-20-13-9(12)4-6-21(13,18)19/h1-3,5,7,16H,4,6H2. The van der Waals surface area contributed by atoms with Crippen molar-refractivity contribution in [2.45, 2.75) is 10.6 Å². The fraction of sp³-hybridized carbons (Fsp3) is 0.154. The van der Waals surface area contributed by atoms with E-state index >= 15 is 0 Å². The molecule has 2 heterocycles. The number of rotatable bonds is 2. The van der Waals surface area contributed by atoms with Crippen molar-refractivity contribution in [3.05, 3.63) is 50.6 Å². The van der Waals surface area contributed by atoms with Gasteiger partial charge in [0.15, 0.2) is 9.84 Å². The molecule has 0 fully saturated rings. The number of hydrogen-bond acceptors (Lipinski definition) is 5. The first-order chi connectivity index (χ1) is 9.97. The van der Waals surface area contributed by atoms with Crippen LogP contribution in [0.3, 0.4) is 0 Å². The fourth-order valence-corrected chi connectivity index (χ4v) is 5.26. The van der Waals surface area contributed by atoms with Crippen LogP contribution in [-0.2, 0) is 16.3 Å². The van der Waals surface area contributed by atoms with E-state index in [2.05, 4.69) is 10.5 Å². The summed E-state index contributed by atoms with van der Waals surface area (Å²) in [6.07, 6.45) is 0.497. The van der Waals surface area contributed by atoms with Crippen molar-refractivity contribution in [2.75, 3.05) is 11.2 Å². The van der Waals surface area contributed by atoms with Crippen molar-refractivity contribution in [3.63, 3.8) is 0 Å². The van der Waals surface area contributed by atoms with Gasteiger partial charge in [-0.25, -0.2) is 8.42 Å². The topological polar surface area (TPSA) is 58.5 Å². The monoisotopic (exact) mass is 360 g/mol. The summed E-state index contributed by atoms with van der Waals surface area (Å²) in [4.78, 5) is 0. The molecule has 110 valence electrons. The van der Waals surface area contributed by atoms with Crippen LogP contribution in [0.5, 0.6) is 0 Å². The maximum Gasteiger partial charge on any atom is 0.188 e. The Kier molecular flexibility index (Phi) is 3.96. The van der Waals surface area contributed by atoms with Crippen molar-refractivity contribution >= 4 is 50.1 Å². The van der Waals surface area contributed by atoms with E-state index in [-0.39, 0.29) is 5.75 Å². The highest BCUT2D eigenvalue weighted by Gasteiger charge is 2.27. The summed E-state index contributed by atoms with van der Waals surface area (Å²) in [6, 6.07) is 6.88. The number of hydrogen-bond donors (Lipinski definition) is 1. The van der Waals surface area contributed by atoms with E-state index in [1.54, 1.807) is 29.6 Å². The van der Waals surface area contributed by atoms with E-state index in [4.69, 9.17) is 23.2 Å². The number of fused-ring (bicyclic) bond motifs is 1. The summed E-state index contributed by atoms with van der Waals surface area (Å²) in [7, 11) is -3.13. The molecule has 1 aliphatic heterocycles. The zero-order valence-electron chi connectivity index (χ0n) is 10.6. The molecule has 1 aromatic heterocycles. The van der Waals surface area contributed by atoms with Gasteiger partial charge in [0.25, 0.3) is 0 Å². The second kappa shape index (κ2) is 5.61. The Bertz CT molecular complexity index is 876. The van der Waals surface area contributed by atoms with Crippen LogP contribution in [0.15, 0.2) is 39.0 Å². The average molecular weight is 361 g/mol. The first kappa shape index (κ1) is 14.8. The summed E-state index contributed by atoms with van der Waals surface area (Å²) in [5.74, 6) is 0.151. The summed E-state index contributed by atoms with van der Waals surface area (Å²) in [5, 5.41) is 7.54. The number of sulfone groups is 1. The van der Waals surface area contributed by atoms with Crippen LogP contribution in [0, 0.1) is 0 Å². The fourth-order valence-electron chi connectivity index (χ4n) is 2.05. The second-order valence-corrected chi connectivity index (χ2v) is 8.53. The van der Waals surface area contributed by atoms with Crippen LogP contribution in [0.25, 0.3) is 0 Å². The quantitative estimate of drug-likeness (QED) is 0.835. The molecular formula is C13H10Cl2N2O2S2. The summed E-state index contributed by atoms with van der Waals surface area (Å²) in [5.41, 5.74) is 4.34. The van der Waals surface area contributed by atoms with Gasteiger partial charge in [0, 0.05) is 5.56 Å². The predicted octanol–water partition coefficient (Wildman–Crippen LogP) is 3.31. The molecule has 1 aromatic carbocycles. The molecule has 8 heteroatoms. The molecule has 0 unspecified atom stereocenters. The van der Waals surface area contributed by atoms with Gasteiger partial charge in [-0.3, -0.25) is 5.43 Å². The van der Waals surface area contributed by atoms with Crippen LogP contribution in [-0.4, -0.2) is 14.2 Å². The summed E-state index contributed by atoms with van der Waals surface area (Å²) < 4.78 is 24.2. The van der Waals surface area contributed by atoms with Gasteiger partial charge in [-0.05, 0) is 36.1 Å². The third-order valence-electron chi connectivity index (χ3n) is 3.08. The molecule has 0 spiro atoms. The number of anilines is 1. The first-order valence-corrected chi connectivity index (χ1v) is 9.34. The Morgan fingerprint density at radius 1 is 1.19 bits per heavy atom. The smallest absolute Gasteiger partial charge is 0.188 e. The molecule has 0 radical (unpaired) electrons. The molecular weight excluding hydrogens is 351 g/mol. The SMILES string of the molecule is O=S1(=O)CCc2c1sccc2=NNc1ccc(Cl)c(Cl)c1. The van der Waals surface area contributed by atoms with Crippen molar-refractivity contribution < 1.29 is 8.42 Å². The van der Waals surface area contributed by atoms with E-state index in [1.165, 1.54) is 11.3 Å². The van der Waals surface area contributed by atoms with E-state index in [1.807, 2.05) is 0 Å². The largest absolute Gasteiger partial charge is 0.278 e. The van der Waals surface area contributed by atoms with Crippen molar-refractivity contribution in [2.24, 2.45) is 5.10 Å². The Labute approximate surface area is 136 Å². The van der Waals surface area contributed by atoms with Crippen LogP contribution < -0.4 is 10.8 Å². The van der Waals surface area contributed by atoms with Crippen molar-refractivity contribution in [1.29, 1.82) is 0 Å². The molecule has 4 nitrogen and oxygen atoms in total. The van der Waals surface area contributed by atoms with Gasteiger partial charge < -0.3 is 0 Å². The zero-order chi connectivity index (χ0) is 15.0. The molecule has 0 saturated heterocycles. The lowest BCUT2D eigenvalue weighted by molar-refractivity contribution is 0.601. The van der Waals surface area contributed by atoms with E-state index in [9.17, 15) is 8.42 Å². The van der Waals surface area contributed by atoms with Gasteiger partial charge in [-0.15, -0.1) is 11.3 Å². The number of halogens is 2. The lowest BCUT2D eigenvalue weighted by atomic mass is 10.2. The first-order valence-electron chi connectivity index (χ1n) is 6.05. The molecule has 21 heavy (non-hydrogen) atoms. The van der Waals surface area contributed by atoms with Crippen LogP contribution in [0.1, 0.15) is 5.56 Å². The van der Waals surface area contributed by atoms with Gasteiger partial charge in [0.05, 0.1) is 26.8 Å². The normalized spacial score (nSPS) is 16.8. The molecule has 0 aliphatic carbocycles. The Morgan fingerprint density at radius 3 is 2.76 bits per heavy atom. The maximum absolute atomic E-state index is 11.9. The van der Waals surface area contributed by atoms with E-state index < -0.39 is 9.84 Å². The highest BCUT2D eigenvalue weighted by molar-refractivity contribution is 7.93. The lowest BCUT2D eigenvalue weighted by Crippen LogP contribution is -2.10. The Balaban J connectivity index is 1.98. The second-order valence-electron chi connectivity index (χ2n) is 4.49. The highest BCUT2D eigenvalue weighted by atomic mass is 35.5. The van der Waals surface area contributed by atoms with E-state index in [0.717, 1.165) is 5.56 Å². The molecule has 0 bridgehead atoms. The molecule has 1 N–H and O–H groups in total. The summed E-state index contributed by atoms with van der Waals surface area (Å²) in [6.45, 7) is 0. The lowest BCUT2D eigenvalue weighted by Gasteiger charge is -2.03. The van der Waals surface area contributed by atoms with Crippen molar-refractivity contribution in [1.82, 2.24) is 0 Å². The van der Waals surface area contributed by atoms with E-state index in [0.29, 0.717) is 31.7 Å². The van der Waals surface area contributed by atoms with Gasteiger partial charge in [-0.1, -0.05) is 23.2 Å². The Morgan fingerprint density at radius 2 is 2.00 bits per heavy atom. The highest BCUT2D eigenvalue weighted by Crippen LogP contribution is 2.27. The van der Waals surface area contributed by atoms with Crippen molar-refractivity contribution in [3.8, 4) is 0 Å². The minimum absolute atomic E-state index is 0.151. The zero-order valence-corrected chi connectivity index (χ0v) is 13.8. The molecule has 0 amide bonds. The number of nitrogens with one attached hydrogen (secondary N) is 1. The number of nitrogens with zero attached hydrogens (tertiary/aromatic N) is 1. The summed E-state index contributed by atoms with van der Waals surface area (Å²) >= 11 is 13.0. The number of benzene rings is 1. The molecule has 0 atom stereocenters. The van der Waals surface area contributed by atoms with Gasteiger partial charge in [-0.2, -0.15) is 5.10 Å². The molecule has 0 saturated carbocycles.